The second kappa shape index (κ2) is 10.8. The molecule has 0 aliphatic carbocycles. The van der Waals surface area contributed by atoms with Crippen LogP contribution in [0, 0.1) is 0 Å². The van der Waals surface area contributed by atoms with Crippen LogP contribution < -0.4 is 5.46 Å². The first-order chi connectivity index (χ1) is 22.3. The molecule has 0 saturated carbocycles. The number of benzene rings is 5. The predicted molar refractivity (Wildman–Crippen MR) is 187 cm³/mol. The lowest BCUT2D eigenvalue weighted by Gasteiger charge is -2.32. The summed E-state index contributed by atoms with van der Waals surface area (Å²) >= 11 is 0. The Morgan fingerprint density at radius 1 is 0.522 bits per heavy atom. The summed E-state index contributed by atoms with van der Waals surface area (Å²) in [6, 6.07) is 43.5. The van der Waals surface area contributed by atoms with Crippen molar-refractivity contribution in [1.82, 2.24) is 9.97 Å². The van der Waals surface area contributed by atoms with Gasteiger partial charge in [-0.1, -0.05) is 109 Å². The summed E-state index contributed by atoms with van der Waals surface area (Å²) in [6.07, 6.45) is 0. The fourth-order valence-corrected chi connectivity index (χ4v) is 6.11. The number of aromatic nitrogens is 2. The van der Waals surface area contributed by atoms with Gasteiger partial charge in [0.1, 0.15) is 11.2 Å². The molecule has 5 aromatic carbocycles. The molecule has 1 aliphatic heterocycles. The van der Waals surface area contributed by atoms with Crippen LogP contribution in [0.2, 0.25) is 0 Å². The molecule has 1 saturated heterocycles. The molecule has 7 aromatic rings. The minimum atomic E-state index is -0.505. The Morgan fingerprint density at radius 2 is 1.07 bits per heavy atom. The van der Waals surface area contributed by atoms with Gasteiger partial charge in [0.25, 0.3) is 0 Å². The van der Waals surface area contributed by atoms with Crippen molar-refractivity contribution in [3.8, 4) is 45.0 Å². The quantitative estimate of drug-likeness (QED) is 0.184. The lowest BCUT2D eigenvalue weighted by molar-refractivity contribution is 0.00578. The van der Waals surface area contributed by atoms with Crippen LogP contribution in [0.15, 0.2) is 132 Å². The summed E-state index contributed by atoms with van der Waals surface area (Å²) in [7, 11) is -0.505. The molecule has 224 valence electrons. The summed E-state index contributed by atoms with van der Waals surface area (Å²) in [4.78, 5) is 9.96. The molecule has 0 unspecified atom stereocenters. The number of rotatable bonds is 5. The number of fused-ring (bicyclic) bond motifs is 3. The average Bonchev–Trinajstić information content (AvgIpc) is 3.57. The third-order valence-corrected chi connectivity index (χ3v) is 9.35. The van der Waals surface area contributed by atoms with Gasteiger partial charge in [-0.05, 0) is 62.5 Å². The Balaban J connectivity index is 1.25. The molecule has 0 N–H and O–H groups in total. The van der Waals surface area contributed by atoms with E-state index in [9.17, 15) is 0 Å². The largest absolute Gasteiger partial charge is 0.494 e. The van der Waals surface area contributed by atoms with E-state index in [0.717, 1.165) is 66.6 Å². The molecule has 1 aliphatic rings. The second-order valence-corrected chi connectivity index (χ2v) is 12.9. The molecule has 0 amide bonds. The maximum atomic E-state index is 6.46. The van der Waals surface area contributed by atoms with Gasteiger partial charge in [0.05, 0.1) is 22.6 Å². The zero-order valence-electron chi connectivity index (χ0n) is 26.3. The van der Waals surface area contributed by atoms with Crippen molar-refractivity contribution >= 4 is 34.5 Å². The highest BCUT2D eigenvalue weighted by molar-refractivity contribution is 6.62. The summed E-state index contributed by atoms with van der Waals surface area (Å²) < 4.78 is 19.3. The maximum Gasteiger partial charge on any atom is 0.494 e. The van der Waals surface area contributed by atoms with E-state index in [1.807, 2.05) is 60.7 Å². The fraction of sp³-hybridized carbons (Fsp3) is 0.150. The first-order valence-corrected chi connectivity index (χ1v) is 15.7. The van der Waals surface area contributed by atoms with E-state index in [1.54, 1.807) is 0 Å². The highest BCUT2D eigenvalue weighted by Gasteiger charge is 2.52. The molecule has 0 atom stereocenters. The topological polar surface area (TPSA) is 57.4 Å². The van der Waals surface area contributed by atoms with Crippen molar-refractivity contribution in [3.63, 3.8) is 0 Å². The van der Waals surface area contributed by atoms with Gasteiger partial charge in [-0.25, -0.2) is 9.97 Å². The standard InChI is InChI=1S/C40H33BN2O3/c1-39(2)40(3,4)46-41(45-39)30-23-32(37-31-17-11-12-18-35(31)44-36(37)24-30)26-19-21-28(22-20-26)34-25-33(27-13-7-5-8-14-27)42-38(43-34)29-15-9-6-10-16-29/h5-25H,1-4H3. The molecule has 0 radical (unpaired) electrons. The highest BCUT2D eigenvalue weighted by Crippen LogP contribution is 2.40. The maximum absolute atomic E-state index is 6.46. The van der Waals surface area contributed by atoms with Crippen molar-refractivity contribution in [3.05, 3.63) is 127 Å². The normalized spacial score (nSPS) is 15.5. The lowest BCUT2D eigenvalue weighted by atomic mass is 9.77. The van der Waals surface area contributed by atoms with E-state index in [-0.39, 0.29) is 0 Å². The Labute approximate surface area is 269 Å². The fourth-order valence-electron chi connectivity index (χ4n) is 6.11. The first kappa shape index (κ1) is 28.4. The molecule has 3 heterocycles. The molecule has 0 bridgehead atoms. The molecule has 2 aromatic heterocycles. The van der Waals surface area contributed by atoms with E-state index in [1.165, 1.54) is 0 Å². The van der Waals surface area contributed by atoms with Crippen LogP contribution in [-0.2, 0) is 9.31 Å². The Morgan fingerprint density at radius 3 is 1.72 bits per heavy atom. The Bertz CT molecular complexity index is 2130. The van der Waals surface area contributed by atoms with Crippen LogP contribution >= 0.6 is 0 Å². The first-order valence-electron chi connectivity index (χ1n) is 15.7. The Hall–Kier alpha value is -5.04. The molecular weight excluding hydrogens is 567 g/mol. The third-order valence-electron chi connectivity index (χ3n) is 9.35. The highest BCUT2D eigenvalue weighted by atomic mass is 16.7. The lowest BCUT2D eigenvalue weighted by Crippen LogP contribution is -2.41. The van der Waals surface area contributed by atoms with Crippen molar-refractivity contribution in [2.24, 2.45) is 0 Å². The molecule has 5 nitrogen and oxygen atoms in total. The van der Waals surface area contributed by atoms with E-state index in [0.29, 0.717) is 5.82 Å². The van der Waals surface area contributed by atoms with Crippen LogP contribution in [0.25, 0.3) is 67.0 Å². The smallest absolute Gasteiger partial charge is 0.456 e. The summed E-state index contributed by atoms with van der Waals surface area (Å²) in [5.74, 6) is 0.697. The molecule has 6 heteroatoms. The molecule has 1 fully saturated rings. The minimum absolute atomic E-state index is 0.447. The van der Waals surface area contributed by atoms with Gasteiger partial charge in [0.15, 0.2) is 5.82 Å². The summed E-state index contributed by atoms with van der Waals surface area (Å²) in [5, 5.41) is 2.15. The van der Waals surface area contributed by atoms with Crippen LogP contribution in [0.4, 0.5) is 0 Å². The number of hydrogen-bond acceptors (Lipinski definition) is 5. The number of nitrogens with zero attached hydrogens (tertiary/aromatic N) is 2. The molecule has 0 spiro atoms. The van der Waals surface area contributed by atoms with Crippen molar-refractivity contribution in [2.45, 2.75) is 38.9 Å². The van der Waals surface area contributed by atoms with Gasteiger partial charge in [0.2, 0.25) is 0 Å². The van der Waals surface area contributed by atoms with Crippen molar-refractivity contribution in [1.29, 1.82) is 0 Å². The third kappa shape index (κ3) is 4.91. The van der Waals surface area contributed by atoms with Gasteiger partial charge in [-0.2, -0.15) is 0 Å². The second-order valence-electron chi connectivity index (χ2n) is 12.9. The zero-order valence-corrected chi connectivity index (χ0v) is 26.3. The van der Waals surface area contributed by atoms with Crippen LogP contribution in [0.1, 0.15) is 27.7 Å². The summed E-state index contributed by atoms with van der Waals surface area (Å²) in [5.41, 5.74) is 8.62. The van der Waals surface area contributed by atoms with Crippen molar-refractivity contribution < 1.29 is 13.7 Å². The van der Waals surface area contributed by atoms with Crippen LogP contribution in [-0.4, -0.2) is 28.3 Å². The van der Waals surface area contributed by atoms with E-state index < -0.39 is 18.3 Å². The summed E-state index contributed by atoms with van der Waals surface area (Å²) in [6.45, 7) is 8.30. The molecular formula is C40H33BN2O3. The van der Waals surface area contributed by atoms with Crippen LogP contribution in [0.3, 0.4) is 0 Å². The van der Waals surface area contributed by atoms with E-state index in [2.05, 4.69) is 94.4 Å². The number of furan rings is 1. The van der Waals surface area contributed by atoms with Gasteiger partial charge >= 0.3 is 7.12 Å². The monoisotopic (exact) mass is 600 g/mol. The molecule has 8 rings (SSSR count). The minimum Gasteiger partial charge on any atom is -0.456 e. The van der Waals surface area contributed by atoms with Gasteiger partial charge < -0.3 is 13.7 Å². The average molecular weight is 601 g/mol. The van der Waals surface area contributed by atoms with Gasteiger partial charge in [0, 0.05) is 27.5 Å². The van der Waals surface area contributed by atoms with E-state index in [4.69, 9.17) is 23.7 Å². The zero-order chi connectivity index (χ0) is 31.5. The Kier molecular flexibility index (Phi) is 6.68. The molecule has 46 heavy (non-hydrogen) atoms. The van der Waals surface area contributed by atoms with Gasteiger partial charge in [-0.3, -0.25) is 0 Å². The predicted octanol–water partition coefficient (Wildman–Crippen LogP) is 9.34. The SMILES string of the molecule is CC1(C)OB(c2cc(-c3ccc(-c4cc(-c5ccccc5)nc(-c5ccccc5)n4)cc3)c3c(c2)oc2ccccc23)OC1(C)C. The van der Waals surface area contributed by atoms with E-state index >= 15 is 0 Å². The number of hydrogen-bond donors (Lipinski definition) is 0. The van der Waals surface area contributed by atoms with Crippen molar-refractivity contribution in [2.75, 3.05) is 0 Å². The van der Waals surface area contributed by atoms with Gasteiger partial charge in [-0.15, -0.1) is 0 Å². The number of para-hydroxylation sites is 1. The van der Waals surface area contributed by atoms with Crippen LogP contribution in [0.5, 0.6) is 0 Å².